The molecule has 1 heterocycles. The topological polar surface area (TPSA) is 23.5 Å². The molecule has 0 aliphatic carbocycles. The Bertz CT molecular complexity index is 138. The Morgan fingerprint density at radius 1 is 1.38 bits per heavy atom. The van der Waals surface area contributed by atoms with E-state index in [1.54, 1.807) is 0 Å². The third kappa shape index (κ3) is 2.96. The predicted octanol–water partition coefficient (Wildman–Crippen LogP) is 2.02. The molecule has 0 spiro atoms. The predicted molar refractivity (Wildman–Crippen MR) is 55.8 cm³/mol. The molecule has 0 radical (unpaired) electrons. The lowest BCUT2D eigenvalue weighted by atomic mass is 10.1. The molecule has 0 aromatic rings. The smallest absolute Gasteiger partial charge is 0.0586 e. The van der Waals surface area contributed by atoms with Crippen LogP contribution in [0.25, 0.3) is 0 Å². The van der Waals surface area contributed by atoms with Gasteiger partial charge in [0.15, 0.2) is 0 Å². The van der Waals surface area contributed by atoms with E-state index < -0.39 is 0 Å². The van der Waals surface area contributed by atoms with Crippen LogP contribution in [0.4, 0.5) is 0 Å². The highest BCUT2D eigenvalue weighted by Crippen LogP contribution is 2.19. The second kappa shape index (κ2) is 5.61. The summed E-state index contributed by atoms with van der Waals surface area (Å²) in [5.74, 6) is 0. The molecule has 1 N–H and O–H groups in total. The lowest BCUT2D eigenvalue weighted by molar-refractivity contribution is 0.0895. The van der Waals surface area contributed by atoms with Crippen LogP contribution >= 0.6 is 0 Å². The van der Waals surface area contributed by atoms with Gasteiger partial charge in [-0.05, 0) is 32.7 Å². The van der Waals surface area contributed by atoms with Crippen LogP contribution in [0.1, 0.15) is 46.0 Å². The van der Waals surface area contributed by atoms with Gasteiger partial charge in [0.1, 0.15) is 0 Å². The van der Waals surface area contributed by atoms with Crippen molar-refractivity contribution in [2.45, 2.75) is 58.0 Å². The minimum Gasteiger partial charge on any atom is -0.395 e. The number of hydrogen-bond acceptors (Lipinski definition) is 2. The van der Waals surface area contributed by atoms with E-state index in [0.717, 1.165) is 0 Å². The van der Waals surface area contributed by atoms with Crippen LogP contribution in [0.2, 0.25) is 0 Å². The summed E-state index contributed by atoms with van der Waals surface area (Å²) < 4.78 is 0. The summed E-state index contributed by atoms with van der Waals surface area (Å²) in [6, 6.07) is 1.06. The average Bonchev–Trinajstić information content (AvgIpc) is 2.41. The molecule has 0 bridgehead atoms. The van der Waals surface area contributed by atoms with Gasteiger partial charge in [-0.2, -0.15) is 0 Å². The minimum atomic E-state index is 0.338. The van der Waals surface area contributed by atoms with Gasteiger partial charge in [-0.1, -0.05) is 19.8 Å². The van der Waals surface area contributed by atoms with E-state index in [0.29, 0.717) is 18.7 Å². The Morgan fingerprint density at radius 3 is 2.77 bits per heavy atom. The second-order valence-electron chi connectivity index (χ2n) is 4.18. The molecule has 1 aliphatic heterocycles. The van der Waals surface area contributed by atoms with Crippen LogP contribution in [-0.2, 0) is 0 Å². The zero-order chi connectivity index (χ0) is 9.68. The van der Waals surface area contributed by atoms with Gasteiger partial charge in [0.05, 0.1) is 6.61 Å². The third-order valence-corrected chi connectivity index (χ3v) is 3.29. The van der Waals surface area contributed by atoms with E-state index in [2.05, 4.69) is 18.7 Å². The summed E-state index contributed by atoms with van der Waals surface area (Å²) in [7, 11) is 0. The van der Waals surface area contributed by atoms with Gasteiger partial charge in [-0.15, -0.1) is 0 Å². The van der Waals surface area contributed by atoms with Crippen molar-refractivity contribution in [1.82, 2.24) is 4.90 Å². The van der Waals surface area contributed by atoms with Gasteiger partial charge < -0.3 is 5.11 Å². The number of aliphatic hydroxyl groups excluding tert-OH is 1. The van der Waals surface area contributed by atoms with Crippen molar-refractivity contribution in [2.75, 3.05) is 13.2 Å². The summed E-state index contributed by atoms with van der Waals surface area (Å²) in [4.78, 5) is 2.49. The van der Waals surface area contributed by atoms with Crippen molar-refractivity contribution < 1.29 is 5.11 Å². The van der Waals surface area contributed by atoms with E-state index in [1.165, 1.54) is 38.6 Å². The highest BCUT2D eigenvalue weighted by Gasteiger charge is 2.23. The maximum atomic E-state index is 9.29. The van der Waals surface area contributed by atoms with Crippen molar-refractivity contribution in [1.29, 1.82) is 0 Å². The number of nitrogens with zero attached hydrogens (tertiary/aromatic N) is 1. The molecular weight excluding hydrogens is 162 g/mol. The fourth-order valence-electron chi connectivity index (χ4n) is 2.21. The molecular formula is C11H23NO. The Morgan fingerprint density at radius 2 is 2.15 bits per heavy atom. The Kier molecular flexibility index (Phi) is 4.74. The molecule has 1 rings (SSSR count). The molecule has 2 atom stereocenters. The van der Waals surface area contributed by atoms with Crippen LogP contribution in [0.3, 0.4) is 0 Å². The molecule has 0 aromatic carbocycles. The molecule has 1 aliphatic rings. The van der Waals surface area contributed by atoms with Crippen LogP contribution in [0.5, 0.6) is 0 Å². The molecule has 78 valence electrons. The summed E-state index contributed by atoms with van der Waals surface area (Å²) in [5, 5.41) is 9.29. The van der Waals surface area contributed by atoms with E-state index in [4.69, 9.17) is 0 Å². The van der Waals surface area contributed by atoms with Crippen molar-refractivity contribution >= 4 is 0 Å². The van der Waals surface area contributed by atoms with Gasteiger partial charge >= 0.3 is 0 Å². The van der Waals surface area contributed by atoms with Crippen molar-refractivity contribution in [2.24, 2.45) is 0 Å². The average molecular weight is 185 g/mol. The summed E-state index contributed by atoms with van der Waals surface area (Å²) >= 11 is 0. The highest BCUT2D eigenvalue weighted by atomic mass is 16.3. The normalized spacial score (nSPS) is 28.4. The zero-order valence-electron chi connectivity index (χ0n) is 9.00. The van der Waals surface area contributed by atoms with E-state index in [-0.39, 0.29) is 0 Å². The molecule has 0 amide bonds. The fraction of sp³-hybridized carbons (Fsp3) is 1.00. The van der Waals surface area contributed by atoms with Crippen molar-refractivity contribution in [3.05, 3.63) is 0 Å². The van der Waals surface area contributed by atoms with Gasteiger partial charge in [-0.3, -0.25) is 4.90 Å². The molecule has 0 aromatic heterocycles. The van der Waals surface area contributed by atoms with Crippen molar-refractivity contribution in [3.8, 4) is 0 Å². The Labute approximate surface area is 81.9 Å². The highest BCUT2D eigenvalue weighted by molar-refractivity contribution is 4.78. The lowest BCUT2D eigenvalue weighted by Gasteiger charge is -2.33. The summed E-state index contributed by atoms with van der Waals surface area (Å²) in [6.45, 7) is 6.02. The standard InChI is InChI=1S/C11H23NO/c1-3-10(2)12-8-6-4-5-7-11(12)9-13/h10-11,13H,3-9H2,1-2H3. The fourth-order valence-corrected chi connectivity index (χ4v) is 2.21. The first kappa shape index (κ1) is 11.0. The van der Waals surface area contributed by atoms with Crippen LogP contribution in [-0.4, -0.2) is 35.2 Å². The quantitative estimate of drug-likeness (QED) is 0.727. The van der Waals surface area contributed by atoms with Crippen LogP contribution in [0.15, 0.2) is 0 Å². The molecule has 13 heavy (non-hydrogen) atoms. The van der Waals surface area contributed by atoms with E-state index in [9.17, 15) is 5.11 Å². The third-order valence-electron chi connectivity index (χ3n) is 3.29. The molecule has 0 saturated carbocycles. The molecule has 2 unspecified atom stereocenters. The van der Waals surface area contributed by atoms with Crippen LogP contribution in [0, 0.1) is 0 Å². The molecule has 2 nitrogen and oxygen atoms in total. The summed E-state index contributed by atoms with van der Waals surface area (Å²) in [6.07, 6.45) is 6.31. The van der Waals surface area contributed by atoms with Gasteiger partial charge in [0.25, 0.3) is 0 Å². The number of hydrogen-bond donors (Lipinski definition) is 1. The first-order valence-corrected chi connectivity index (χ1v) is 5.66. The van der Waals surface area contributed by atoms with Gasteiger partial charge in [0, 0.05) is 12.1 Å². The SMILES string of the molecule is CCC(C)N1CCCCCC1CO. The van der Waals surface area contributed by atoms with Gasteiger partial charge in [-0.25, -0.2) is 0 Å². The van der Waals surface area contributed by atoms with E-state index in [1.807, 2.05) is 0 Å². The number of likely N-dealkylation sites (tertiary alicyclic amines) is 1. The molecule has 2 heteroatoms. The minimum absolute atomic E-state index is 0.338. The number of aliphatic hydroxyl groups is 1. The zero-order valence-corrected chi connectivity index (χ0v) is 9.00. The van der Waals surface area contributed by atoms with Crippen LogP contribution < -0.4 is 0 Å². The number of rotatable bonds is 3. The summed E-state index contributed by atoms with van der Waals surface area (Å²) in [5.41, 5.74) is 0. The monoisotopic (exact) mass is 185 g/mol. The van der Waals surface area contributed by atoms with Gasteiger partial charge in [0.2, 0.25) is 0 Å². The lowest BCUT2D eigenvalue weighted by Crippen LogP contribution is -2.43. The second-order valence-corrected chi connectivity index (χ2v) is 4.18. The molecule has 1 saturated heterocycles. The maximum Gasteiger partial charge on any atom is 0.0586 e. The largest absolute Gasteiger partial charge is 0.395 e. The Balaban J connectivity index is 2.53. The first-order chi connectivity index (χ1) is 6.29. The Hall–Kier alpha value is -0.0800. The van der Waals surface area contributed by atoms with E-state index >= 15 is 0 Å². The maximum absolute atomic E-state index is 9.29. The molecule has 1 fully saturated rings. The first-order valence-electron chi connectivity index (χ1n) is 5.66. The van der Waals surface area contributed by atoms with Crippen molar-refractivity contribution in [3.63, 3.8) is 0 Å².